The van der Waals surface area contributed by atoms with Crippen molar-refractivity contribution in [2.45, 2.75) is 6.54 Å². The Labute approximate surface area is 123 Å². The molecule has 0 bridgehead atoms. The molecule has 0 spiro atoms. The molecule has 3 rings (SSSR count). The molecule has 0 atom stereocenters. The predicted molar refractivity (Wildman–Crippen MR) is 76.1 cm³/mol. The van der Waals surface area contributed by atoms with Crippen LogP contribution in [0, 0.1) is 5.82 Å². The number of rotatable bonds is 2. The zero-order valence-electron chi connectivity index (χ0n) is 10.3. The molecule has 0 fully saturated rings. The Balaban J connectivity index is 2.03. The van der Waals surface area contributed by atoms with Gasteiger partial charge in [-0.25, -0.2) is 4.39 Å². The summed E-state index contributed by atoms with van der Waals surface area (Å²) in [5.74, 6) is -1.48. The molecule has 20 heavy (non-hydrogen) atoms. The number of ketones is 1. The number of halogens is 2. The van der Waals surface area contributed by atoms with Gasteiger partial charge in [-0.3, -0.25) is 14.5 Å². The molecule has 1 amide bonds. The summed E-state index contributed by atoms with van der Waals surface area (Å²) in [6, 6.07) is 11.1. The maximum Gasteiger partial charge on any atom is 0.299 e. The van der Waals surface area contributed by atoms with E-state index in [2.05, 4.69) is 15.9 Å². The van der Waals surface area contributed by atoms with Crippen LogP contribution in [0.2, 0.25) is 0 Å². The minimum Gasteiger partial charge on any atom is -0.299 e. The van der Waals surface area contributed by atoms with Crippen LogP contribution in [0.3, 0.4) is 0 Å². The number of hydrogen-bond donors (Lipinski definition) is 0. The summed E-state index contributed by atoms with van der Waals surface area (Å²) in [6.07, 6.45) is 0. The first kappa shape index (κ1) is 13.0. The number of Topliss-reactive ketones (excluding diaryl/α,β-unsaturated/α-hetero) is 1. The van der Waals surface area contributed by atoms with E-state index in [0.717, 1.165) is 0 Å². The Kier molecular flexibility index (Phi) is 3.14. The summed E-state index contributed by atoms with van der Waals surface area (Å²) >= 11 is 3.35. The lowest BCUT2D eigenvalue weighted by atomic mass is 10.1. The van der Waals surface area contributed by atoms with Crippen molar-refractivity contribution >= 4 is 33.3 Å². The average Bonchev–Trinajstić information content (AvgIpc) is 2.66. The van der Waals surface area contributed by atoms with E-state index in [1.54, 1.807) is 30.3 Å². The smallest absolute Gasteiger partial charge is 0.299 e. The molecule has 0 aromatic heterocycles. The number of benzene rings is 2. The number of hydrogen-bond acceptors (Lipinski definition) is 2. The van der Waals surface area contributed by atoms with E-state index in [0.29, 0.717) is 21.3 Å². The van der Waals surface area contributed by atoms with Crippen LogP contribution >= 0.6 is 15.9 Å². The largest absolute Gasteiger partial charge is 0.299 e. The summed E-state index contributed by atoms with van der Waals surface area (Å²) in [4.78, 5) is 25.4. The lowest BCUT2D eigenvalue weighted by molar-refractivity contribution is -0.114. The maximum absolute atomic E-state index is 13.2. The fraction of sp³-hybridized carbons (Fsp3) is 0.0667. The Morgan fingerprint density at radius 3 is 2.60 bits per heavy atom. The molecule has 5 heteroatoms. The fourth-order valence-corrected chi connectivity index (χ4v) is 2.86. The second-order valence-corrected chi connectivity index (χ2v) is 5.34. The van der Waals surface area contributed by atoms with Gasteiger partial charge >= 0.3 is 0 Å². The molecule has 1 heterocycles. The van der Waals surface area contributed by atoms with Crippen molar-refractivity contribution in [2.24, 2.45) is 0 Å². The number of nitrogens with zero attached hydrogens (tertiary/aromatic N) is 1. The summed E-state index contributed by atoms with van der Waals surface area (Å²) in [5, 5.41) is 0. The highest BCUT2D eigenvalue weighted by atomic mass is 79.9. The van der Waals surface area contributed by atoms with Crippen molar-refractivity contribution in [1.82, 2.24) is 0 Å². The molecule has 3 nitrogen and oxygen atoms in total. The second-order valence-electron chi connectivity index (χ2n) is 4.49. The third-order valence-electron chi connectivity index (χ3n) is 3.17. The van der Waals surface area contributed by atoms with E-state index in [-0.39, 0.29) is 12.4 Å². The third kappa shape index (κ3) is 2.04. The van der Waals surface area contributed by atoms with E-state index in [1.165, 1.54) is 17.0 Å². The van der Waals surface area contributed by atoms with Crippen LogP contribution in [0.25, 0.3) is 0 Å². The van der Waals surface area contributed by atoms with Crippen molar-refractivity contribution in [3.63, 3.8) is 0 Å². The number of carbonyl (C=O) groups is 2. The zero-order valence-corrected chi connectivity index (χ0v) is 11.9. The second kappa shape index (κ2) is 4.83. The van der Waals surface area contributed by atoms with E-state index in [1.807, 2.05) is 0 Å². The van der Waals surface area contributed by atoms with Gasteiger partial charge < -0.3 is 0 Å². The van der Waals surface area contributed by atoms with Crippen LogP contribution in [0.4, 0.5) is 10.1 Å². The van der Waals surface area contributed by atoms with Crippen molar-refractivity contribution in [1.29, 1.82) is 0 Å². The van der Waals surface area contributed by atoms with Crippen LogP contribution in [-0.2, 0) is 11.3 Å². The van der Waals surface area contributed by atoms with Crippen LogP contribution < -0.4 is 4.90 Å². The van der Waals surface area contributed by atoms with Gasteiger partial charge in [0.15, 0.2) is 0 Å². The molecule has 0 aliphatic carbocycles. The van der Waals surface area contributed by atoms with Gasteiger partial charge in [0.25, 0.3) is 11.7 Å². The van der Waals surface area contributed by atoms with E-state index in [9.17, 15) is 14.0 Å². The van der Waals surface area contributed by atoms with Gasteiger partial charge in [0.1, 0.15) is 5.82 Å². The van der Waals surface area contributed by atoms with E-state index in [4.69, 9.17) is 0 Å². The summed E-state index contributed by atoms with van der Waals surface area (Å²) in [6.45, 7) is 0.165. The molecule has 1 aliphatic heterocycles. The van der Waals surface area contributed by atoms with Gasteiger partial charge in [-0.15, -0.1) is 0 Å². The highest BCUT2D eigenvalue weighted by Gasteiger charge is 2.37. The van der Waals surface area contributed by atoms with Gasteiger partial charge in [-0.05, 0) is 45.8 Å². The fourth-order valence-electron chi connectivity index (χ4n) is 2.28. The summed E-state index contributed by atoms with van der Waals surface area (Å²) in [5.41, 5.74) is 1.56. The lowest BCUT2D eigenvalue weighted by Crippen LogP contribution is -2.29. The van der Waals surface area contributed by atoms with Crippen molar-refractivity contribution in [2.75, 3.05) is 4.90 Å². The number of fused-ring (bicyclic) bond motifs is 1. The number of para-hydroxylation sites is 1. The van der Waals surface area contributed by atoms with E-state index >= 15 is 0 Å². The van der Waals surface area contributed by atoms with Crippen molar-refractivity contribution in [3.05, 3.63) is 63.9 Å². The van der Waals surface area contributed by atoms with Crippen LogP contribution in [0.5, 0.6) is 0 Å². The minimum absolute atomic E-state index is 0.165. The molecule has 0 radical (unpaired) electrons. The summed E-state index contributed by atoms with van der Waals surface area (Å²) < 4.78 is 13.9. The predicted octanol–water partition coefficient (Wildman–Crippen LogP) is 3.32. The number of anilines is 1. The molecule has 0 saturated heterocycles. The van der Waals surface area contributed by atoms with Crippen LogP contribution in [0.15, 0.2) is 46.9 Å². The Bertz CT molecular complexity index is 730. The van der Waals surface area contributed by atoms with Gasteiger partial charge in [0.05, 0.1) is 17.8 Å². The third-order valence-corrected chi connectivity index (χ3v) is 3.81. The molecular formula is C15H9BrFNO2. The van der Waals surface area contributed by atoms with E-state index < -0.39 is 11.7 Å². The molecule has 1 aliphatic rings. The highest BCUT2D eigenvalue weighted by molar-refractivity contribution is 9.10. The first-order valence-electron chi connectivity index (χ1n) is 5.97. The molecular weight excluding hydrogens is 325 g/mol. The topological polar surface area (TPSA) is 37.4 Å². The van der Waals surface area contributed by atoms with Gasteiger partial charge in [-0.2, -0.15) is 0 Å². The Morgan fingerprint density at radius 2 is 1.85 bits per heavy atom. The molecule has 100 valence electrons. The van der Waals surface area contributed by atoms with Gasteiger partial charge in [-0.1, -0.05) is 18.2 Å². The first-order chi connectivity index (χ1) is 9.58. The lowest BCUT2D eigenvalue weighted by Gasteiger charge is -2.17. The van der Waals surface area contributed by atoms with Crippen LogP contribution in [0.1, 0.15) is 15.9 Å². The molecule has 0 N–H and O–H groups in total. The Morgan fingerprint density at radius 1 is 1.10 bits per heavy atom. The zero-order chi connectivity index (χ0) is 14.3. The summed E-state index contributed by atoms with van der Waals surface area (Å²) in [7, 11) is 0. The number of amides is 1. The number of carbonyl (C=O) groups excluding carboxylic acids is 2. The van der Waals surface area contributed by atoms with Gasteiger partial charge in [0, 0.05) is 4.47 Å². The SMILES string of the molecule is O=C1C(=O)N(Cc2cccc(F)c2)c2c(Br)cccc21. The van der Waals surface area contributed by atoms with Gasteiger partial charge in [0.2, 0.25) is 0 Å². The molecule has 0 unspecified atom stereocenters. The monoisotopic (exact) mass is 333 g/mol. The first-order valence-corrected chi connectivity index (χ1v) is 6.76. The Hall–Kier alpha value is -2.01. The highest BCUT2D eigenvalue weighted by Crippen LogP contribution is 2.36. The minimum atomic E-state index is -0.587. The van der Waals surface area contributed by atoms with Crippen molar-refractivity contribution < 1.29 is 14.0 Å². The molecule has 0 saturated carbocycles. The molecule has 2 aromatic carbocycles. The van der Waals surface area contributed by atoms with Crippen LogP contribution in [-0.4, -0.2) is 11.7 Å². The normalized spacial score (nSPS) is 13.8. The quantitative estimate of drug-likeness (QED) is 0.790. The average molecular weight is 334 g/mol. The standard InChI is InChI=1S/C15H9BrFNO2/c16-12-6-2-5-11-13(12)18(15(20)14(11)19)8-9-3-1-4-10(17)7-9/h1-7H,8H2. The maximum atomic E-state index is 13.2. The van der Waals surface area contributed by atoms with Crippen molar-refractivity contribution in [3.8, 4) is 0 Å². The molecule has 2 aromatic rings.